The van der Waals surface area contributed by atoms with Crippen LogP contribution in [-0.4, -0.2) is 42.3 Å². The van der Waals surface area contributed by atoms with E-state index in [9.17, 15) is 9.90 Å². The van der Waals surface area contributed by atoms with E-state index >= 15 is 0 Å². The average molecular weight is 356 g/mol. The highest BCUT2D eigenvalue weighted by molar-refractivity contribution is 9.10. The van der Waals surface area contributed by atoms with E-state index in [1.54, 1.807) is 0 Å². The first-order valence-corrected chi connectivity index (χ1v) is 7.87. The number of nitrogens with zero attached hydrogens (tertiary/aromatic N) is 1. The maximum Gasteiger partial charge on any atom is 0.308 e. The van der Waals surface area contributed by atoms with Gasteiger partial charge in [0.25, 0.3) is 0 Å². The van der Waals surface area contributed by atoms with E-state index in [2.05, 4.69) is 20.8 Å². The van der Waals surface area contributed by atoms with Crippen molar-refractivity contribution in [3.8, 4) is 11.5 Å². The second-order valence-corrected chi connectivity index (χ2v) is 6.56. The standard InChI is InChI=1S/C15H18BrNO4/c1-9-6-17(8-11(9)15(18)19)7-10-4-13-14(5-12(10)16)21-3-2-20-13/h4-5,9,11H,2-3,6-8H2,1H3,(H,18,19). The van der Waals surface area contributed by atoms with Crippen molar-refractivity contribution in [2.75, 3.05) is 26.3 Å². The molecule has 1 N–H and O–H groups in total. The topological polar surface area (TPSA) is 59.0 Å². The molecule has 5 nitrogen and oxygen atoms in total. The van der Waals surface area contributed by atoms with Crippen LogP contribution < -0.4 is 9.47 Å². The van der Waals surface area contributed by atoms with E-state index in [1.165, 1.54) is 0 Å². The highest BCUT2D eigenvalue weighted by atomic mass is 79.9. The molecule has 2 atom stereocenters. The Morgan fingerprint density at radius 1 is 1.33 bits per heavy atom. The van der Waals surface area contributed by atoms with Gasteiger partial charge in [0.1, 0.15) is 13.2 Å². The Kier molecular flexibility index (Phi) is 4.08. The number of ether oxygens (including phenoxy) is 2. The van der Waals surface area contributed by atoms with Gasteiger partial charge in [-0.15, -0.1) is 0 Å². The van der Waals surface area contributed by atoms with E-state index in [0.29, 0.717) is 26.3 Å². The zero-order valence-electron chi connectivity index (χ0n) is 11.8. The molecule has 1 aromatic rings. The van der Waals surface area contributed by atoms with Crippen molar-refractivity contribution in [2.45, 2.75) is 13.5 Å². The van der Waals surface area contributed by atoms with Gasteiger partial charge in [-0.2, -0.15) is 0 Å². The lowest BCUT2D eigenvalue weighted by atomic mass is 9.99. The van der Waals surface area contributed by atoms with Crippen molar-refractivity contribution in [1.82, 2.24) is 4.90 Å². The van der Waals surface area contributed by atoms with Crippen LogP contribution in [0.3, 0.4) is 0 Å². The van der Waals surface area contributed by atoms with Crippen LogP contribution in [0.15, 0.2) is 16.6 Å². The number of carboxylic acids is 1. The molecule has 0 radical (unpaired) electrons. The third-order valence-electron chi connectivity index (χ3n) is 4.11. The van der Waals surface area contributed by atoms with E-state index in [4.69, 9.17) is 9.47 Å². The zero-order chi connectivity index (χ0) is 15.0. The molecule has 6 heteroatoms. The summed E-state index contributed by atoms with van der Waals surface area (Å²) in [5, 5.41) is 9.21. The molecule has 2 heterocycles. The molecule has 21 heavy (non-hydrogen) atoms. The molecule has 0 saturated carbocycles. The Balaban J connectivity index is 1.75. The summed E-state index contributed by atoms with van der Waals surface area (Å²) in [5.74, 6) is 0.724. The molecule has 2 aliphatic rings. The molecule has 1 aromatic carbocycles. The molecule has 0 aliphatic carbocycles. The van der Waals surface area contributed by atoms with Crippen LogP contribution in [0.25, 0.3) is 0 Å². The molecule has 0 aromatic heterocycles. The Labute approximate surface area is 132 Å². The largest absolute Gasteiger partial charge is 0.486 e. The Bertz CT molecular complexity index is 563. The van der Waals surface area contributed by atoms with Crippen LogP contribution in [0.2, 0.25) is 0 Å². The molecule has 0 amide bonds. The quantitative estimate of drug-likeness (QED) is 0.901. The summed E-state index contributed by atoms with van der Waals surface area (Å²) in [7, 11) is 0. The highest BCUT2D eigenvalue weighted by Crippen LogP contribution is 2.36. The van der Waals surface area contributed by atoms with E-state index in [1.807, 2.05) is 19.1 Å². The van der Waals surface area contributed by atoms with Gasteiger partial charge in [-0.05, 0) is 23.6 Å². The minimum atomic E-state index is -0.703. The predicted molar refractivity (Wildman–Crippen MR) is 80.7 cm³/mol. The lowest BCUT2D eigenvalue weighted by Crippen LogP contribution is -2.23. The second-order valence-electron chi connectivity index (χ2n) is 5.70. The van der Waals surface area contributed by atoms with Gasteiger partial charge in [0.2, 0.25) is 0 Å². The van der Waals surface area contributed by atoms with Gasteiger partial charge in [0.05, 0.1) is 5.92 Å². The lowest BCUT2D eigenvalue weighted by molar-refractivity contribution is -0.142. The van der Waals surface area contributed by atoms with Gasteiger partial charge in [-0.1, -0.05) is 22.9 Å². The molecule has 2 unspecified atom stereocenters. The van der Waals surface area contributed by atoms with E-state index in [0.717, 1.165) is 28.1 Å². The summed E-state index contributed by atoms with van der Waals surface area (Å²) in [5.41, 5.74) is 1.09. The average Bonchev–Trinajstić information content (AvgIpc) is 2.81. The van der Waals surface area contributed by atoms with Crippen LogP contribution in [0.5, 0.6) is 11.5 Å². The Morgan fingerprint density at radius 2 is 2.00 bits per heavy atom. The molecule has 1 saturated heterocycles. The van der Waals surface area contributed by atoms with Crippen LogP contribution in [0.1, 0.15) is 12.5 Å². The maximum atomic E-state index is 11.2. The van der Waals surface area contributed by atoms with Gasteiger partial charge in [0.15, 0.2) is 11.5 Å². The fourth-order valence-electron chi connectivity index (χ4n) is 2.99. The summed E-state index contributed by atoms with van der Waals surface area (Å²) in [6.07, 6.45) is 0. The summed E-state index contributed by atoms with van der Waals surface area (Å²) < 4.78 is 12.1. The van der Waals surface area contributed by atoms with Crippen LogP contribution in [-0.2, 0) is 11.3 Å². The van der Waals surface area contributed by atoms with Gasteiger partial charge in [0, 0.05) is 24.1 Å². The molecule has 3 rings (SSSR count). The number of carbonyl (C=O) groups is 1. The fourth-order valence-corrected chi connectivity index (χ4v) is 3.43. The minimum Gasteiger partial charge on any atom is -0.486 e. The number of likely N-dealkylation sites (tertiary alicyclic amines) is 1. The molecule has 0 spiro atoms. The van der Waals surface area contributed by atoms with Crippen molar-refractivity contribution in [1.29, 1.82) is 0 Å². The summed E-state index contributed by atoms with van der Waals surface area (Å²) in [6, 6.07) is 3.91. The van der Waals surface area contributed by atoms with Gasteiger partial charge in [-0.3, -0.25) is 9.69 Å². The van der Waals surface area contributed by atoms with Crippen LogP contribution >= 0.6 is 15.9 Å². The molecule has 2 aliphatic heterocycles. The zero-order valence-corrected chi connectivity index (χ0v) is 13.4. The van der Waals surface area contributed by atoms with Crippen molar-refractivity contribution in [3.63, 3.8) is 0 Å². The van der Waals surface area contributed by atoms with Crippen LogP contribution in [0.4, 0.5) is 0 Å². The maximum absolute atomic E-state index is 11.2. The first-order valence-electron chi connectivity index (χ1n) is 7.08. The summed E-state index contributed by atoms with van der Waals surface area (Å²) >= 11 is 3.56. The predicted octanol–water partition coefficient (Wildman–Crippen LogP) is 2.37. The molecule has 0 bridgehead atoms. The third kappa shape index (κ3) is 3.01. The molecular weight excluding hydrogens is 338 g/mol. The number of hydrogen-bond donors (Lipinski definition) is 1. The van der Waals surface area contributed by atoms with Crippen molar-refractivity contribution in [3.05, 3.63) is 22.2 Å². The van der Waals surface area contributed by atoms with Crippen LogP contribution in [0, 0.1) is 11.8 Å². The first-order chi connectivity index (χ1) is 10.0. The van der Waals surface area contributed by atoms with Crippen molar-refractivity contribution >= 4 is 21.9 Å². The second kappa shape index (κ2) is 5.85. The smallest absolute Gasteiger partial charge is 0.308 e. The Hall–Kier alpha value is -1.27. The number of carboxylic acid groups (broad SMARTS) is 1. The fraction of sp³-hybridized carbons (Fsp3) is 0.533. The lowest BCUT2D eigenvalue weighted by Gasteiger charge is -2.22. The van der Waals surface area contributed by atoms with E-state index in [-0.39, 0.29) is 11.8 Å². The number of benzene rings is 1. The van der Waals surface area contributed by atoms with Gasteiger partial charge < -0.3 is 14.6 Å². The number of aliphatic carboxylic acids is 1. The van der Waals surface area contributed by atoms with Gasteiger partial charge >= 0.3 is 5.97 Å². The number of halogens is 1. The SMILES string of the molecule is CC1CN(Cc2cc3c(cc2Br)OCCO3)CC1C(=O)O. The van der Waals surface area contributed by atoms with Crippen molar-refractivity contribution < 1.29 is 19.4 Å². The van der Waals surface area contributed by atoms with E-state index < -0.39 is 5.97 Å². The number of rotatable bonds is 3. The van der Waals surface area contributed by atoms with Crippen molar-refractivity contribution in [2.24, 2.45) is 11.8 Å². The highest BCUT2D eigenvalue weighted by Gasteiger charge is 2.34. The first kappa shape index (κ1) is 14.7. The molecular formula is C15H18BrNO4. The monoisotopic (exact) mass is 355 g/mol. The summed E-state index contributed by atoms with van der Waals surface area (Å²) in [6.45, 7) is 5.25. The number of fused-ring (bicyclic) bond motifs is 1. The minimum absolute atomic E-state index is 0.179. The summed E-state index contributed by atoms with van der Waals surface area (Å²) in [4.78, 5) is 13.4. The normalized spacial score (nSPS) is 25.0. The Morgan fingerprint density at radius 3 is 2.62 bits per heavy atom. The van der Waals surface area contributed by atoms with Gasteiger partial charge in [-0.25, -0.2) is 0 Å². The molecule has 114 valence electrons. The molecule has 1 fully saturated rings. The number of hydrogen-bond acceptors (Lipinski definition) is 4. The third-order valence-corrected chi connectivity index (χ3v) is 4.85.